The molecule has 0 saturated carbocycles. The summed E-state index contributed by atoms with van der Waals surface area (Å²) in [5.41, 5.74) is 6.71. The van der Waals surface area contributed by atoms with Crippen LogP contribution in [-0.2, 0) is 9.53 Å². The summed E-state index contributed by atoms with van der Waals surface area (Å²) in [4.78, 5) is 11.5. The van der Waals surface area contributed by atoms with Crippen molar-refractivity contribution >= 4 is 29.1 Å². The maximum Gasteiger partial charge on any atom is 0.325 e. The molecule has 0 bridgehead atoms. The van der Waals surface area contributed by atoms with Crippen LogP contribution in [0.3, 0.4) is 0 Å². The minimum Gasteiger partial charge on any atom is -0.465 e. The first kappa shape index (κ1) is 14.4. The second-order valence-corrected chi connectivity index (χ2v) is 5.97. The highest BCUT2D eigenvalue weighted by atomic mass is 32.2. The standard InChI is InChI=1S/C10H17N3O2S2/c1-3-15-8(14)10(2,11)5-4-6-16-9-13-12-7-17-9/h7H,3-6,11H2,1-2H3. The van der Waals surface area contributed by atoms with E-state index in [2.05, 4.69) is 10.2 Å². The Morgan fingerprint density at radius 2 is 2.47 bits per heavy atom. The molecule has 0 aliphatic carbocycles. The van der Waals surface area contributed by atoms with Gasteiger partial charge in [0, 0.05) is 5.75 Å². The predicted molar refractivity (Wildman–Crippen MR) is 69.1 cm³/mol. The van der Waals surface area contributed by atoms with Gasteiger partial charge in [-0.3, -0.25) is 4.79 Å². The molecule has 0 amide bonds. The largest absolute Gasteiger partial charge is 0.465 e. The molecule has 17 heavy (non-hydrogen) atoms. The first-order chi connectivity index (χ1) is 8.06. The van der Waals surface area contributed by atoms with Crippen molar-refractivity contribution in [2.75, 3.05) is 12.4 Å². The van der Waals surface area contributed by atoms with Gasteiger partial charge in [-0.15, -0.1) is 10.2 Å². The number of nitrogens with zero attached hydrogens (tertiary/aromatic N) is 2. The normalized spacial score (nSPS) is 14.3. The van der Waals surface area contributed by atoms with Crippen molar-refractivity contribution in [3.05, 3.63) is 5.51 Å². The maximum atomic E-state index is 11.5. The minimum absolute atomic E-state index is 0.332. The molecular formula is C10H17N3O2S2. The summed E-state index contributed by atoms with van der Waals surface area (Å²) in [5, 5.41) is 7.67. The molecule has 96 valence electrons. The van der Waals surface area contributed by atoms with Gasteiger partial charge in [-0.2, -0.15) is 0 Å². The molecule has 1 unspecified atom stereocenters. The van der Waals surface area contributed by atoms with E-state index in [1.807, 2.05) is 0 Å². The molecule has 0 aromatic carbocycles. The highest BCUT2D eigenvalue weighted by Crippen LogP contribution is 2.21. The van der Waals surface area contributed by atoms with Crippen LogP contribution in [0.25, 0.3) is 0 Å². The second kappa shape index (κ2) is 6.93. The lowest BCUT2D eigenvalue weighted by molar-refractivity contribution is -0.149. The molecule has 0 fully saturated rings. The maximum absolute atomic E-state index is 11.5. The second-order valence-electron chi connectivity index (χ2n) is 3.79. The van der Waals surface area contributed by atoms with E-state index in [0.29, 0.717) is 13.0 Å². The molecule has 1 aromatic rings. The van der Waals surface area contributed by atoms with Crippen LogP contribution in [0.1, 0.15) is 26.7 Å². The fourth-order valence-electron chi connectivity index (χ4n) is 1.22. The Labute approximate surface area is 109 Å². The lowest BCUT2D eigenvalue weighted by Gasteiger charge is -2.21. The zero-order chi connectivity index (χ0) is 12.7. The summed E-state index contributed by atoms with van der Waals surface area (Å²) in [6, 6.07) is 0. The van der Waals surface area contributed by atoms with E-state index in [9.17, 15) is 4.79 Å². The summed E-state index contributed by atoms with van der Waals surface area (Å²) in [7, 11) is 0. The van der Waals surface area contributed by atoms with Crippen molar-refractivity contribution in [1.29, 1.82) is 0 Å². The molecule has 2 N–H and O–H groups in total. The van der Waals surface area contributed by atoms with Crippen LogP contribution in [0.15, 0.2) is 9.85 Å². The molecule has 0 radical (unpaired) electrons. The van der Waals surface area contributed by atoms with E-state index >= 15 is 0 Å². The molecule has 7 heteroatoms. The van der Waals surface area contributed by atoms with Crippen molar-refractivity contribution < 1.29 is 9.53 Å². The van der Waals surface area contributed by atoms with Gasteiger partial charge in [0.2, 0.25) is 0 Å². The van der Waals surface area contributed by atoms with E-state index in [1.54, 1.807) is 31.1 Å². The highest BCUT2D eigenvalue weighted by molar-refractivity contribution is 8.00. The van der Waals surface area contributed by atoms with Gasteiger partial charge in [-0.1, -0.05) is 23.1 Å². The van der Waals surface area contributed by atoms with E-state index in [0.717, 1.165) is 16.5 Å². The zero-order valence-electron chi connectivity index (χ0n) is 10.0. The van der Waals surface area contributed by atoms with Gasteiger partial charge in [-0.05, 0) is 26.7 Å². The number of hydrogen-bond donors (Lipinski definition) is 1. The van der Waals surface area contributed by atoms with Gasteiger partial charge in [0.25, 0.3) is 0 Å². The van der Waals surface area contributed by atoms with Crippen molar-refractivity contribution in [3.63, 3.8) is 0 Å². The average Bonchev–Trinajstić information content (AvgIpc) is 2.77. The molecule has 5 nitrogen and oxygen atoms in total. The molecule has 0 saturated heterocycles. The van der Waals surface area contributed by atoms with E-state index in [-0.39, 0.29) is 5.97 Å². The molecule has 0 aliphatic rings. The number of rotatable bonds is 7. The summed E-state index contributed by atoms with van der Waals surface area (Å²) < 4.78 is 5.86. The molecule has 0 aliphatic heterocycles. The van der Waals surface area contributed by atoms with Crippen LogP contribution < -0.4 is 5.73 Å². The van der Waals surface area contributed by atoms with Crippen LogP contribution in [-0.4, -0.2) is 34.1 Å². The fourth-order valence-corrected chi connectivity index (χ4v) is 2.72. The van der Waals surface area contributed by atoms with E-state index < -0.39 is 5.54 Å². The Bertz CT molecular complexity index is 341. The summed E-state index contributed by atoms with van der Waals surface area (Å²) in [6.07, 6.45) is 1.45. The topological polar surface area (TPSA) is 78.1 Å². The van der Waals surface area contributed by atoms with Gasteiger partial charge in [0.1, 0.15) is 11.0 Å². The summed E-state index contributed by atoms with van der Waals surface area (Å²) >= 11 is 3.14. The average molecular weight is 275 g/mol. The predicted octanol–water partition coefficient (Wildman–Crippen LogP) is 1.69. The van der Waals surface area contributed by atoms with Crippen LogP contribution >= 0.6 is 23.1 Å². The third-order valence-corrected chi connectivity index (χ3v) is 4.09. The van der Waals surface area contributed by atoms with E-state index in [4.69, 9.17) is 10.5 Å². The molecule has 1 rings (SSSR count). The number of carbonyl (C=O) groups is 1. The van der Waals surface area contributed by atoms with Crippen LogP contribution in [0.5, 0.6) is 0 Å². The van der Waals surface area contributed by atoms with Crippen LogP contribution in [0.4, 0.5) is 0 Å². The van der Waals surface area contributed by atoms with Crippen LogP contribution in [0, 0.1) is 0 Å². The van der Waals surface area contributed by atoms with Gasteiger partial charge in [0.05, 0.1) is 6.61 Å². The van der Waals surface area contributed by atoms with Crippen LogP contribution in [0.2, 0.25) is 0 Å². The SMILES string of the molecule is CCOC(=O)C(C)(N)CCCSc1nncs1. The highest BCUT2D eigenvalue weighted by Gasteiger charge is 2.29. The van der Waals surface area contributed by atoms with Crippen molar-refractivity contribution in [2.24, 2.45) is 5.73 Å². The number of aromatic nitrogens is 2. The molecule has 0 spiro atoms. The lowest BCUT2D eigenvalue weighted by atomic mass is 9.98. The third kappa shape index (κ3) is 5.01. The number of hydrogen-bond acceptors (Lipinski definition) is 7. The third-order valence-electron chi connectivity index (χ3n) is 2.15. The number of nitrogens with two attached hydrogens (primary N) is 1. The van der Waals surface area contributed by atoms with Crippen molar-refractivity contribution in [2.45, 2.75) is 36.6 Å². The smallest absolute Gasteiger partial charge is 0.325 e. The first-order valence-electron chi connectivity index (χ1n) is 5.41. The molecule has 1 heterocycles. The Morgan fingerprint density at radius 1 is 1.71 bits per heavy atom. The first-order valence-corrected chi connectivity index (χ1v) is 7.28. The molecule has 1 aromatic heterocycles. The van der Waals surface area contributed by atoms with E-state index in [1.165, 1.54) is 11.3 Å². The Kier molecular flexibility index (Phi) is 5.87. The Hall–Kier alpha value is -0.660. The van der Waals surface area contributed by atoms with Crippen molar-refractivity contribution in [1.82, 2.24) is 10.2 Å². The Morgan fingerprint density at radius 3 is 3.06 bits per heavy atom. The molecule has 1 atom stereocenters. The van der Waals surface area contributed by atoms with Gasteiger partial charge in [-0.25, -0.2) is 0 Å². The molecular weight excluding hydrogens is 258 g/mol. The van der Waals surface area contributed by atoms with Gasteiger partial charge in [0.15, 0.2) is 4.34 Å². The van der Waals surface area contributed by atoms with Gasteiger partial charge >= 0.3 is 5.97 Å². The zero-order valence-corrected chi connectivity index (χ0v) is 11.6. The van der Waals surface area contributed by atoms with Crippen molar-refractivity contribution in [3.8, 4) is 0 Å². The quantitative estimate of drug-likeness (QED) is 0.463. The lowest BCUT2D eigenvalue weighted by Crippen LogP contribution is -2.46. The number of ether oxygens (including phenoxy) is 1. The minimum atomic E-state index is -0.891. The summed E-state index contributed by atoms with van der Waals surface area (Å²) in [6.45, 7) is 3.85. The summed E-state index contributed by atoms with van der Waals surface area (Å²) in [5.74, 6) is 0.544. The monoisotopic (exact) mass is 275 g/mol. The number of esters is 1. The number of carbonyl (C=O) groups excluding carboxylic acids is 1. The fraction of sp³-hybridized carbons (Fsp3) is 0.700. The Balaban J connectivity index is 2.23. The van der Waals surface area contributed by atoms with Gasteiger partial charge < -0.3 is 10.5 Å². The number of thioether (sulfide) groups is 1.